The van der Waals surface area contributed by atoms with E-state index in [1.807, 2.05) is 13.8 Å². The number of benzene rings is 2. The zero-order chi connectivity index (χ0) is 33.3. The van der Waals surface area contributed by atoms with E-state index < -0.39 is 52.0 Å². The van der Waals surface area contributed by atoms with Crippen LogP contribution in [0.2, 0.25) is 5.02 Å². The quantitative estimate of drug-likeness (QED) is 0.316. The number of alkyl halides is 3. The molecular weight excluding hydrogens is 601 g/mol. The Balaban J connectivity index is 1.72. The van der Waals surface area contributed by atoms with E-state index in [1.54, 1.807) is 39.8 Å². The molecule has 2 aromatic carbocycles. The summed E-state index contributed by atoms with van der Waals surface area (Å²) in [7, 11) is 1.21. The molecule has 12 heteroatoms. The first kappa shape index (κ1) is 34.9. The van der Waals surface area contributed by atoms with Crippen LogP contribution in [-0.2, 0) is 36.5 Å². The summed E-state index contributed by atoms with van der Waals surface area (Å²) in [5.41, 5.74) is -2.83. The fraction of sp³-hybridized carbons (Fsp3) is 0.500. The Bertz CT molecular complexity index is 1420. The lowest BCUT2D eigenvalue weighted by atomic mass is 9.65. The smallest absolute Gasteiger partial charge is 0.416 e. The molecule has 3 atom stereocenters. The second-order valence-electron chi connectivity index (χ2n) is 12.8. The fourth-order valence-corrected chi connectivity index (χ4v) is 5.56. The molecule has 0 aliphatic heterocycles. The van der Waals surface area contributed by atoms with Gasteiger partial charge in [0.15, 0.2) is 0 Å². The van der Waals surface area contributed by atoms with Gasteiger partial charge in [-0.25, -0.2) is 4.79 Å². The van der Waals surface area contributed by atoms with Gasteiger partial charge in [-0.05, 0) is 81.8 Å². The van der Waals surface area contributed by atoms with Crippen molar-refractivity contribution in [2.75, 3.05) is 12.4 Å². The Kier molecular flexibility index (Phi) is 10.1. The van der Waals surface area contributed by atoms with E-state index >= 15 is 0 Å². The molecule has 8 nitrogen and oxygen atoms in total. The third-order valence-corrected chi connectivity index (χ3v) is 8.71. The minimum absolute atomic E-state index is 0.0581. The van der Waals surface area contributed by atoms with Crippen molar-refractivity contribution in [3.05, 3.63) is 64.2 Å². The highest BCUT2D eigenvalue weighted by Crippen LogP contribution is 2.57. The number of nitrogens with one attached hydrogen (secondary N) is 2. The first-order valence-corrected chi connectivity index (χ1v) is 14.5. The number of esters is 2. The van der Waals surface area contributed by atoms with E-state index in [2.05, 4.69) is 10.6 Å². The maximum atomic E-state index is 13.5. The van der Waals surface area contributed by atoms with Crippen LogP contribution in [0.25, 0.3) is 0 Å². The van der Waals surface area contributed by atoms with Crippen LogP contribution in [0.4, 0.5) is 18.9 Å². The predicted molar refractivity (Wildman–Crippen MR) is 159 cm³/mol. The average molecular weight is 639 g/mol. The van der Waals surface area contributed by atoms with Crippen molar-refractivity contribution in [3.63, 3.8) is 0 Å². The zero-order valence-electron chi connectivity index (χ0n) is 25.8. The summed E-state index contributed by atoms with van der Waals surface area (Å²) in [6.45, 7) is 10.9. The summed E-state index contributed by atoms with van der Waals surface area (Å²) in [5.74, 6) is -2.84. The van der Waals surface area contributed by atoms with Crippen molar-refractivity contribution in [3.8, 4) is 0 Å². The van der Waals surface area contributed by atoms with Gasteiger partial charge < -0.3 is 20.1 Å². The molecule has 2 aromatic rings. The molecule has 1 saturated carbocycles. The minimum Gasteiger partial charge on any atom is -0.467 e. The van der Waals surface area contributed by atoms with Crippen LogP contribution in [-0.4, -0.2) is 42.5 Å². The van der Waals surface area contributed by atoms with Gasteiger partial charge in [-0.2, -0.15) is 13.2 Å². The number of methoxy groups -OCH3 is 1. The maximum Gasteiger partial charge on any atom is 0.416 e. The summed E-state index contributed by atoms with van der Waals surface area (Å²) < 4.78 is 49.9. The molecule has 1 aliphatic carbocycles. The van der Waals surface area contributed by atoms with Crippen LogP contribution in [0.15, 0.2) is 42.5 Å². The average Bonchev–Trinajstić information content (AvgIpc) is 3.16. The van der Waals surface area contributed by atoms with Crippen LogP contribution in [0.5, 0.6) is 0 Å². The molecule has 0 bridgehead atoms. The number of hydrogen-bond donors (Lipinski definition) is 2. The normalized spacial score (nSPS) is 20.4. The molecule has 44 heavy (non-hydrogen) atoms. The van der Waals surface area contributed by atoms with E-state index in [0.29, 0.717) is 24.5 Å². The number of hydrogen-bond acceptors (Lipinski definition) is 6. The van der Waals surface area contributed by atoms with Gasteiger partial charge in [-0.15, -0.1) is 0 Å². The molecule has 2 N–H and O–H groups in total. The monoisotopic (exact) mass is 638 g/mol. The van der Waals surface area contributed by atoms with Crippen LogP contribution in [0, 0.1) is 16.7 Å². The summed E-state index contributed by atoms with van der Waals surface area (Å²) in [6.07, 6.45) is -3.72. The van der Waals surface area contributed by atoms with Crippen molar-refractivity contribution >= 4 is 41.0 Å². The van der Waals surface area contributed by atoms with E-state index in [1.165, 1.54) is 19.2 Å². The molecule has 0 radical (unpaired) electrons. The highest BCUT2D eigenvalue weighted by Gasteiger charge is 2.59. The second-order valence-corrected chi connectivity index (χ2v) is 13.2. The Labute approximate surface area is 260 Å². The standard InChI is InChI=1S/C32H38ClF3N2O6/c1-29(2,3)44-28(42)31(6)15-14-22(30(31,4)5)26(40)38-24(27(41)43-7)16-18-8-11-20(12-9-18)37-25(39)21-17-19(32(34,35)36)10-13-23(21)33/h8-13,17,22,24H,14-16H2,1-7H3,(H,37,39)(H,38,40). The number of carbonyl (C=O) groups is 4. The van der Waals surface area contributed by atoms with Gasteiger partial charge in [0.25, 0.3) is 5.91 Å². The molecule has 0 heterocycles. The number of rotatable bonds is 8. The van der Waals surface area contributed by atoms with Gasteiger partial charge in [0.05, 0.1) is 28.7 Å². The molecule has 0 saturated heterocycles. The lowest BCUT2D eigenvalue weighted by molar-refractivity contribution is -0.173. The molecule has 3 unspecified atom stereocenters. The molecule has 2 amide bonds. The van der Waals surface area contributed by atoms with Gasteiger partial charge >= 0.3 is 18.1 Å². The molecule has 0 aromatic heterocycles. The maximum absolute atomic E-state index is 13.5. The number of anilines is 1. The number of carbonyl (C=O) groups excluding carboxylic acids is 4. The van der Waals surface area contributed by atoms with Crippen molar-refractivity contribution in [1.29, 1.82) is 0 Å². The summed E-state index contributed by atoms with van der Waals surface area (Å²) in [5, 5.41) is 5.16. The molecule has 3 rings (SSSR count). The molecule has 1 fully saturated rings. The molecule has 240 valence electrons. The Hall–Kier alpha value is -3.60. The Morgan fingerprint density at radius 1 is 1.02 bits per heavy atom. The van der Waals surface area contributed by atoms with Crippen molar-refractivity contribution in [2.45, 2.75) is 78.6 Å². The van der Waals surface area contributed by atoms with E-state index in [4.69, 9.17) is 21.1 Å². The van der Waals surface area contributed by atoms with Crippen LogP contribution >= 0.6 is 11.6 Å². The third kappa shape index (κ3) is 7.72. The predicted octanol–water partition coefficient (Wildman–Crippen LogP) is 6.60. The number of ether oxygens (including phenoxy) is 2. The number of amides is 2. The van der Waals surface area contributed by atoms with Crippen molar-refractivity contribution in [1.82, 2.24) is 5.32 Å². The highest BCUT2D eigenvalue weighted by molar-refractivity contribution is 6.34. The summed E-state index contributed by atoms with van der Waals surface area (Å²) in [6, 6.07) is 7.66. The second kappa shape index (κ2) is 12.8. The van der Waals surface area contributed by atoms with Crippen molar-refractivity contribution < 1.29 is 41.8 Å². The molecule has 1 aliphatic rings. The topological polar surface area (TPSA) is 111 Å². The SMILES string of the molecule is COC(=O)C(Cc1ccc(NC(=O)c2cc(C(F)(F)F)ccc2Cl)cc1)NC(=O)C1CCC(C)(C(=O)OC(C)(C)C)C1(C)C. The van der Waals surface area contributed by atoms with E-state index in [-0.39, 0.29) is 34.6 Å². The number of halogens is 4. The van der Waals surface area contributed by atoms with Crippen LogP contribution in [0.3, 0.4) is 0 Å². The van der Waals surface area contributed by atoms with Crippen LogP contribution < -0.4 is 10.6 Å². The van der Waals surface area contributed by atoms with Crippen molar-refractivity contribution in [2.24, 2.45) is 16.7 Å². The van der Waals surface area contributed by atoms with Gasteiger partial charge in [-0.3, -0.25) is 14.4 Å². The zero-order valence-corrected chi connectivity index (χ0v) is 26.5. The summed E-state index contributed by atoms with van der Waals surface area (Å²) >= 11 is 5.97. The molecular formula is C32H38ClF3N2O6. The lowest BCUT2D eigenvalue weighted by Crippen LogP contribution is -2.51. The fourth-order valence-electron chi connectivity index (χ4n) is 5.36. The van der Waals surface area contributed by atoms with Gasteiger partial charge in [0, 0.05) is 18.0 Å². The molecule has 0 spiro atoms. The first-order valence-electron chi connectivity index (χ1n) is 14.1. The third-order valence-electron chi connectivity index (χ3n) is 8.38. The van der Waals surface area contributed by atoms with Crippen LogP contribution in [0.1, 0.15) is 75.9 Å². The van der Waals surface area contributed by atoms with Gasteiger partial charge in [0.2, 0.25) is 5.91 Å². The Morgan fingerprint density at radius 2 is 1.64 bits per heavy atom. The van der Waals surface area contributed by atoms with E-state index in [9.17, 15) is 32.3 Å². The largest absolute Gasteiger partial charge is 0.467 e. The lowest BCUT2D eigenvalue weighted by Gasteiger charge is -2.40. The Morgan fingerprint density at radius 3 is 2.18 bits per heavy atom. The highest BCUT2D eigenvalue weighted by atomic mass is 35.5. The van der Waals surface area contributed by atoms with Gasteiger partial charge in [0.1, 0.15) is 11.6 Å². The first-order chi connectivity index (χ1) is 20.2. The summed E-state index contributed by atoms with van der Waals surface area (Å²) in [4.78, 5) is 51.9. The minimum atomic E-state index is -4.64. The van der Waals surface area contributed by atoms with Gasteiger partial charge in [-0.1, -0.05) is 37.6 Å². The van der Waals surface area contributed by atoms with E-state index in [0.717, 1.165) is 12.1 Å².